The van der Waals surface area contributed by atoms with Gasteiger partial charge in [0.15, 0.2) is 5.56 Å². The Kier molecular flexibility index (Phi) is 7.24. The molecule has 2 fully saturated rings. The third-order valence-electron chi connectivity index (χ3n) is 6.25. The molecule has 2 aliphatic rings. The zero-order valence-corrected chi connectivity index (χ0v) is 21.5. The smallest absolute Gasteiger partial charge is 0.270 e. The highest BCUT2D eigenvalue weighted by atomic mass is 16.5. The number of carbonyl (C=O) groups excluding carboxylic acids is 2. The first-order valence-electron chi connectivity index (χ1n) is 12.2. The zero-order chi connectivity index (χ0) is 26.2. The lowest BCUT2D eigenvalue weighted by Crippen LogP contribution is -2.50. The number of carbonyl (C=O) groups is 2. The highest BCUT2D eigenvalue weighted by Crippen LogP contribution is 2.27. The summed E-state index contributed by atoms with van der Waals surface area (Å²) in [5.74, 6) is -1.34. The first kappa shape index (κ1) is 25.9. The maximum Gasteiger partial charge on any atom is 0.270 e. The molecule has 4 rings (SSSR count). The molecular formula is C25H35N5O6. The molecule has 36 heavy (non-hydrogen) atoms. The van der Waals surface area contributed by atoms with Crippen LogP contribution < -0.4 is 10.9 Å². The fraction of sp³-hybridized carbons (Fsp3) is 0.600. The maximum absolute atomic E-state index is 13.6. The third-order valence-corrected chi connectivity index (χ3v) is 6.25. The fourth-order valence-electron chi connectivity index (χ4n) is 4.39. The van der Waals surface area contributed by atoms with E-state index in [0.29, 0.717) is 43.3 Å². The van der Waals surface area contributed by atoms with Gasteiger partial charge < -0.3 is 24.8 Å². The summed E-state index contributed by atoms with van der Waals surface area (Å²) in [4.78, 5) is 41.2. The first-order chi connectivity index (χ1) is 17.0. The van der Waals surface area contributed by atoms with E-state index >= 15 is 0 Å². The summed E-state index contributed by atoms with van der Waals surface area (Å²) in [6.07, 6.45) is 4.75. The largest absolute Gasteiger partial charge is 0.492 e. The van der Waals surface area contributed by atoms with Crippen LogP contribution in [-0.2, 0) is 20.8 Å². The monoisotopic (exact) mass is 501 g/mol. The summed E-state index contributed by atoms with van der Waals surface area (Å²) in [6, 6.07) is -0.171. The van der Waals surface area contributed by atoms with Gasteiger partial charge >= 0.3 is 0 Å². The Morgan fingerprint density at radius 2 is 2.03 bits per heavy atom. The number of nitrogens with zero attached hydrogens (tertiary/aromatic N) is 4. The molecule has 0 bridgehead atoms. The SMILES string of the molecule is COCC1COCCN1C(=O)C=Cc1c(C)nn2c(O)c(C(=O)NC3CC3)c(=O)n(CC(C)(C)C)c12. The van der Waals surface area contributed by atoms with Gasteiger partial charge in [0.2, 0.25) is 11.8 Å². The summed E-state index contributed by atoms with van der Waals surface area (Å²) in [5, 5.41) is 18.2. The number of ether oxygens (including phenoxy) is 2. The number of nitrogens with one attached hydrogen (secondary N) is 1. The normalized spacial score (nSPS) is 18.8. The first-order valence-corrected chi connectivity index (χ1v) is 12.2. The van der Waals surface area contributed by atoms with E-state index in [1.807, 2.05) is 20.8 Å². The van der Waals surface area contributed by atoms with Crippen LogP contribution in [0.3, 0.4) is 0 Å². The van der Waals surface area contributed by atoms with Gasteiger partial charge in [0.1, 0.15) is 5.65 Å². The van der Waals surface area contributed by atoms with Crippen molar-refractivity contribution in [1.29, 1.82) is 0 Å². The number of rotatable bonds is 7. The van der Waals surface area contributed by atoms with Gasteiger partial charge in [-0.05, 0) is 31.3 Å². The van der Waals surface area contributed by atoms with Gasteiger partial charge in [-0.25, -0.2) is 0 Å². The van der Waals surface area contributed by atoms with Crippen molar-refractivity contribution in [2.45, 2.75) is 59.2 Å². The number of amides is 2. The van der Waals surface area contributed by atoms with Crippen molar-refractivity contribution in [1.82, 2.24) is 24.4 Å². The van der Waals surface area contributed by atoms with Gasteiger partial charge in [-0.3, -0.25) is 19.0 Å². The standard InChI is InChI=1S/C25H35N5O6/c1-15-18(8-9-19(31)28-10-11-36-13-17(28)12-35-5)22-29(14-25(2,3)4)23(33)20(24(34)30(22)27-15)21(32)26-16-6-7-16/h8-9,16-17,34H,6-7,10-14H2,1-5H3,(H,26,32). The summed E-state index contributed by atoms with van der Waals surface area (Å²) in [5.41, 5.74) is 0.109. The molecule has 2 amide bonds. The average molecular weight is 502 g/mol. The van der Waals surface area contributed by atoms with Crippen LogP contribution in [0.5, 0.6) is 5.88 Å². The van der Waals surface area contributed by atoms with Gasteiger partial charge in [-0.15, -0.1) is 0 Å². The quantitative estimate of drug-likeness (QED) is 0.548. The second-order valence-electron chi connectivity index (χ2n) is 10.7. The Labute approximate surface area is 209 Å². The number of aryl methyl sites for hydroxylation is 1. The molecule has 2 N–H and O–H groups in total. The predicted octanol–water partition coefficient (Wildman–Crippen LogP) is 1.34. The van der Waals surface area contributed by atoms with Gasteiger partial charge in [0.25, 0.3) is 11.5 Å². The highest BCUT2D eigenvalue weighted by molar-refractivity contribution is 5.97. The molecule has 11 heteroatoms. The number of fused-ring (bicyclic) bond motifs is 1. The molecule has 2 aromatic heterocycles. The molecule has 0 spiro atoms. The molecule has 196 valence electrons. The van der Waals surface area contributed by atoms with E-state index in [1.54, 1.807) is 25.0 Å². The van der Waals surface area contributed by atoms with Gasteiger partial charge in [0, 0.05) is 37.9 Å². The highest BCUT2D eigenvalue weighted by Gasteiger charge is 2.31. The lowest BCUT2D eigenvalue weighted by atomic mass is 9.96. The molecule has 1 atom stereocenters. The number of methoxy groups -OCH3 is 1. The number of aromatic nitrogens is 3. The predicted molar refractivity (Wildman–Crippen MR) is 133 cm³/mol. The number of hydrogen-bond acceptors (Lipinski definition) is 7. The molecule has 1 unspecified atom stereocenters. The van der Waals surface area contributed by atoms with Crippen LogP contribution in [0.15, 0.2) is 10.9 Å². The molecule has 1 aliphatic carbocycles. The van der Waals surface area contributed by atoms with Crippen LogP contribution in [0.4, 0.5) is 0 Å². The van der Waals surface area contributed by atoms with Crippen LogP contribution >= 0.6 is 0 Å². The summed E-state index contributed by atoms with van der Waals surface area (Å²) >= 11 is 0. The minimum Gasteiger partial charge on any atom is -0.492 e. The lowest BCUT2D eigenvalue weighted by molar-refractivity contribution is -0.136. The van der Waals surface area contributed by atoms with E-state index in [0.717, 1.165) is 12.8 Å². The van der Waals surface area contributed by atoms with Crippen molar-refractivity contribution in [3.05, 3.63) is 33.3 Å². The Morgan fingerprint density at radius 1 is 1.31 bits per heavy atom. The molecule has 1 aliphatic heterocycles. The number of aromatic hydroxyl groups is 1. The summed E-state index contributed by atoms with van der Waals surface area (Å²) < 4.78 is 13.4. The van der Waals surface area contributed by atoms with E-state index in [2.05, 4.69) is 10.4 Å². The van der Waals surface area contributed by atoms with E-state index in [4.69, 9.17) is 9.47 Å². The molecule has 11 nitrogen and oxygen atoms in total. The van der Waals surface area contributed by atoms with E-state index in [1.165, 1.54) is 15.2 Å². The van der Waals surface area contributed by atoms with Crippen LogP contribution in [0.2, 0.25) is 0 Å². The second-order valence-corrected chi connectivity index (χ2v) is 10.7. The van der Waals surface area contributed by atoms with E-state index in [9.17, 15) is 19.5 Å². The van der Waals surface area contributed by atoms with Crippen molar-refractivity contribution in [3.63, 3.8) is 0 Å². The molecule has 0 aromatic carbocycles. The number of hydrogen-bond donors (Lipinski definition) is 2. The zero-order valence-electron chi connectivity index (χ0n) is 21.5. The minimum atomic E-state index is -0.610. The molecule has 3 heterocycles. The van der Waals surface area contributed by atoms with Crippen molar-refractivity contribution < 1.29 is 24.2 Å². The Balaban J connectivity index is 1.79. The maximum atomic E-state index is 13.6. The van der Waals surface area contributed by atoms with Gasteiger partial charge in [-0.1, -0.05) is 20.8 Å². The molecular weight excluding hydrogens is 466 g/mol. The van der Waals surface area contributed by atoms with Crippen LogP contribution in [-0.4, -0.2) is 81.6 Å². The van der Waals surface area contributed by atoms with Crippen LogP contribution in [0.25, 0.3) is 11.7 Å². The van der Waals surface area contributed by atoms with E-state index < -0.39 is 17.3 Å². The fourth-order valence-corrected chi connectivity index (χ4v) is 4.39. The second kappa shape index (κ2) is 10.1. The van der Waals surface area contributed by atoms with Crippen molar-refractivity contribution >= 4 is 23.5 Å². The topological polar surface area (TPSA) is 127 Å². The molecule has 1 saturated heterocycles. The Morgan fingerprint density at radius 3 is 2.67 bits per heavy atom. The van der Waals surface area contributed by atoms with Crippen LogP contribution in [0.1, 0.15) is 55.2 Å². The van der Waals surface area contributed by atoms with E-state index in [-0.39, 0.29) is 35.5 Å². The minimum absolute atomic E-state index is 0.0223. The molecule has 0 radical (unpaired) electrons. The summed E-state index contributed by atoms with van der Waals surface area (Å²) in [6.45, 7) is 9.58. The van der Waals surface area contributed by atoms with Crippen molar-refractivity contribution in [2.75, 3.05) is 33.5 Å². The van der Waals surface area contributed by atoms with Gasteiger partial charge in [-0.2, -0.15) is 9.61 Å². The van der Waals surface area contributed by atoms with Crippen LogP contribution in [0, 0.1) is 12.3 Å². The third kappa shape index (κ3) is 5.31. The summed E-state index contributed by atoms with van der Waals surface area (Å²) in [7, 11) is 1.58. The number of morpholine rings is 1. The average Bonchev–Trinajstić information content (AvgIpc) is 3.55. The Bertz CT molecular complexity index is 1250. The van der Waals surface area contributed by atoms with Gasteiger partial charge in [0.05, 0.1) is 31.6 Å². The van der Waals surface area contributed by atoms with Crippen molar-refractivity contribution in [2.24, 2.45) is 5.41 Å². The molecule has 1 saturated carbocycles. The lowest BCUT2D eigenvalue weighted by Gasteiger charge is -2.34. The van der Waals surface area contributed by atoms with Crippen molar-refractivity contribution in [3.8, 4) is 5.88 Å². The molecule has 2 aromatic rings. The Hall–Kier alpha value is -3.18.